The van der Waals surface area contributed by atoms with Gasteiger partial charge in [0, 0.05) is 25.0 Å². The number of halogens is 1. The van der Waals surface area contributed by atoms with Crippen molar-refractivity contribution in [3.8, 4) is 0 Å². The Labute approximate surface area is 132 Å². The van der Waals surface area contributed by atoms with E-state index in [1.807, 2.05) is 0 Å². The van der Waals surface area contributed by atoms with Crippen molar-refractivity contribution in [2.45, 2.75) is 11.7 Å². The van der Waals surface area contributed by atoms with Gasteiger partial charge >= 0.3 is 0 Å². The van der Waals surface area contributed by atoms with E-state index >= 15 is 0 Å². The molecule has 0 aliphatic carbocycles. The van der Waals surface area contributed by atoms with E-state index in [1.54, 1.807) is 37.0 Å². The Kier molecular flexibility index (Phi) is 6.05. The fourth-order valence-corrected chi connectivity index (χ4v) is 2.97. The third-order valence-corrected chi connectivity index (χ3v) is 4.10. The van der Waals surface area contributed by atoms with Gasteiger partial charge in [-0.3, -0.25) is 9.36 Å². The molecule has 1 heterocycles. The minimum Gasteiger partial charge on any atom is -0.384 e. The Balaban J connectivity index is 2.47. The van der Waals surface area contributed by atoms with Gasteiger partial charge in [0.1, 0.15) is 0 Å². The first-order chi connectivity index (χ1) is 10.2. The van der Waals surface area contributed by atoms with E-state index in [-0.39, 0.29) is 5.56 Å². The predicted molar refractivity (Wildman–Crippen MR) is 85.5 cm³/mol. The van der Waals surface area contributed by atoms with E-state index in [0.717, 1.165) is 5.75 Å². The number of aromatic nitrogens is 2. The number of benzene rings is 1. The second kappa shape index (κ2) is 7.79. The van der Waals surface area contributed by atoms with E-state index in [0.29, 0.717) is 40.8 Å². The predicted octanol–water partition coefficient (Wildman–Crippen LogP) is 2.43. The Morgan fingerprint density at radius 3 is 2.76 bits per heavy atom. The summed E-state index contributed by atoms with van der Waals surface area (Å²) in [7, 11) is 3.25. The molecule has 7 heteroatoms. The van der Waals surface area contributed by atoms with Gasteiger partial charge in [-0.25, -0.2) is 4.98 Å². The summed E-state index contributed by atoms with van der Waals surface area (Å²) in [6.07, 6.45) is 0. The van der Waals surface area contributed by atoms with Gasteiger partial charge in [-0.2, -0.15) is 0 Å². The number of hydrogen-bond donors (Lipinski definition) is 0. The highest BCUT2D eigenvalue weighted by Gasteiger charge is 2.11. The van der Waals surface area contributed by atoms with Gasteiger partial charge in [0.25, 0.3) is 5.56 Å². The second-order valence-corrected chi connectivity index (χ2v) is 5.85. The van der Waals surface area contributed by atoms with E-state index in [2.05, 4.69) is 4.98 Å². The molecule has 0 radical (unpaired) electrons. The minimum absolute atomic E-state index is 0.0753. The van der Waals surface area contributed by atoms with Crippen LogP contribution in [0.3, 0.4) is 0 Å². The first-order valence-electron chi connectivity index (χ1n) is 6.48. The van der Waals surface area contributed by atoms with Crippen LogP contribution in [0.1, 0.15) is 0 Å². The van der Waals surface area contributed by atoms with Crippen molar-refractivity contribution in [2.75, 3.05) is 33.2 Å². The van der Waals surface area contributed by atoms with E-state index in [1.165, 1.54) is 11.8 Å². The molecular formula is C14H17ClN2O3S. The Morgan fingerprint density at radius 1 is 1.29 bits per heavy atom. The fourth-order valence-electron chi connectivity index (χ4n) is 1.88. The van der Waals surface area contributed by atoms with Crippen LogP contribution in [0.4, 0.5) is 0 Å². The SMILES string of the molecule is COCCSc1nc2cc(Cl)ccc2c(=O)n1CCOC. The maximum absolute atomic E-state index is 12.6. The second-order valence-electron chi connectivity index (χ2n) is 4.35. The lowest BCUT2D eigenvalue weighted by Gasteiger charge is -2.12. The molecule has 2 aromatic rings. The van der Waals surface area contributed by atoms with Crippen LogP contribution in [-0.4, -0.2) is 42.7 Å². The molecule has 0 aliphatic heterocycles. The summed E-state index contributed by atoms with van der Waals surface area (Å²) >= 11 is 7.46. The van der Waals surface area contributed by atoms with Crippen molar-refractivity contribution in [3.63, 3.8) is 0 Å². The zero-order valence-electron chi connectivity index (χ0n) is 12.0. The quantitative estimate of drug-likeness (QED) is 0.444. The average molecular weight is 329 g/mol. The van der Waals surface area contributed by atoms with Crippen LogP contribution in [0.25, 0.3) is 10.9 Å². The van der Waals surface area contributed by atoms with Crippen molar-refractivity contribution in [2.24, 2.45) is 0 Å². The minimum atomic E-state index is -0.0753. The van der Waals surface area contributed by atoms with E-state index in [9.17, 15) is 4.79 Å². The molecule has 0 saturated carbocycles. The zero-order valence-corrected chi connectivity index (χ0v) is 13.5. The molecule has 0 aliphatic rings. The number of hydrogen-bond acceptors (Lipinski definition) is 5. The number of rotatable bonds is 7. The Bertz CT molecular complexity index is 675. The molecule has 0 amide bonds. The molecule has 1 aromatic carbocycles. The maximum atomic E-state index is 12.6. The summed E-state index contributed by atoms with van der Waals surface area (Å²) in [5.74, 6) is 0.724. The smallest absolute Gasteiger partial charge is 0.262 e. The lowest BCUT2D eigenvalue weighted by molar-refractivity contribution is 0.183. The van der Waals surface area contributed by atoms with Gasteiger partial charge in [-0.1, -0.05) is 23.4 Å². The van der Waals surface area contributed by atoms with Crippen LogP contribution in [0.2, 0.25) is 5.02 Å². The monoisotopic (exact) mass is 328 g/mol. The van der Waals surface area contributed by atoms with Gasteiger partial charge in [0.05, 0.1) is 30.7 Å². The van der Waals surface area contributed by atoms with Gasteiger partial charge in [0.15, 0.2) is 5.16 Å². The molecule has 0 N–H and O–H groups in total. The lowest BCUT2D eigenvalue weighted by atomic mass is 10.2. The summed E-state index contributed by atoms with van der Waals surface area (Å²) in [4.78, 5) is 17.1. The Hall–Kier alpha value is -1.08. The van der Waals surface area contributed by atoms with Gasteiger partial charge < -0.3 is 9.47 Å². The van der Waals surface area contributed by atoms with Gasteiger partial charge in [0.2, 0.25) is 0 Å². The largest absolute Gasteiger partial charge is 0.384 e. The number of thioether (sulfide) groups is 1. The maximum Gasteiger partial charge on any atom is 0.262 e. The molecule has 0 atom stereocenters. The first kappa shape index (κ1) is 16.3. The third kappa shape index (κ3) is 3.97. The summed E-state index contributed by atoms with van der Waals surface area (Å²) < 4.78 is 11.7. The number of methoxy groups -OCH3 is 2. The number of nitrogens with zero attached hydrogens (tertiary/aromatic N) is 2. The molecule has 5 nitrogen and oxygen atoms in total. The van der Waals surface area contributed by atoms with Crippen molar-refractivity contribution >= 4 is 34.3 Å². The molecule has 2 rings (SSSR count). The van der Waals surface area contributed by atoms with Gasteiger partial charge in [-0.15, -0.1) is 0 Å². The molecule has 0 spiro atoms. The topological polar surface area (TPSA) is 53.3 Å². The summed E-state index contributed by atoms with van der Waals surface area (Å²) in [5, 5.41) is 1.78. The lowest BCUT2D eigenvalue weighted by Crippen LogP contribution is -2.25. The molecule has 0 saturated heterocycles. The normalized spacial score (nSPS) is 11.2. The van der Waals surface area contributed by atoms with Crippen molar-refractivity contribution in [3.05, 3.63) is 33.6 Å². The highest BCUT2D eigenvalue weighted by atomic mass is 35.5. The number of ether oxygens (including phenoxy) is 2. The van der Waals surface area contributed by atoms with Crippen LogP contribution in [-0.2, 0) is 16.0 Å². The Morgan fingerprint density at radius 2 is 2.05 bits per heavy atom. The molecule has 21 heavy (non-hydrogen) atoms. The molecule has 1 aromatic heterocycles. The molecule has 114 valence electrons. The fraction of sp³-hybridized carbons (Fsp3) is 0.429. The zero-order chi connectivity index (χ0) is 15.2. The van der Waals surface area contributed by atoms with Crippen molar-refractivity contribution < 1.29 is 9.47 Å². The highest BCUT2D eigenvalue weighted by molar-refractivity contribution is 7.99. The van der Waals surface area contributed by atoms with Crippen LogP contribution in [0.5, 0.6) is 0 Å². The van der Waals surface area contributed by atoms with Crippen molar-refractivity contribution in [1.29, 1.82) is 0 Å². The molecule has 0 unspecified atom stereocenters. The standard InChI is InChI=1S/C14H17ClN2O3S/c1-19-6-5-17-13(18)11-4-3-10(15)9-12(11)16-14(17)21-8-7-20-2/h3-4,9H,5-8H2,1-2H3. The average Bonchev–Trinajstić information content (AvgIpc) is 2.47. The van der Waals surface area contributed by atoms with Crippen LogP contribution in [0.15, 0.2) is 28.2 Å². The van der Waals surface area contributed by atoms with E-state index in [4.69, 9.17) is 21.1 Å². The van der Waals surface area contributed by atoms with Crippen LogP contribution in [0, 0.1) is 0 Å². The third-order valence-electron chi connectivity index (χ3n) is 2.92. The van der Waals surface area contributed by atoms with Crippen molar-refractivity contribution in [1.82, 2.24) is 9.55 Å². The molecule has 0 fully saturated rings. The molecule has 0 bridgehead atoms. The number of fused-ring (bicyclic) bond motifs is 1. The summed E-state index contributed by atoms with van der Waals surface area (Å²) in [6.45, 7) is 1.52. The first-order valence-corrected chi connectivity index (χ1v) is 7.84. The van der Waals surface area contributed by atoms with E-state index < -0.39 is 0 Å². The highest BCUT2D eigenvalue weighted by Crippen LogP contribution is 2.20. The summed E-state index contributed by atoms with van der Waals surface area (Å²) in [5.41, 5.74) is 0.537. The molecular weight excluding hydrogens is 312 g/mol. The van der Waals surface area contributed by atoms with Crippen LogP contribution < -0.4 is 5.56 Å². The summed E-state index contributed by atoms with van der Waals surface area (Å²) in [6, 6.07) is 5.12. The van der Waals surface area contributed by atoms with Crippen LogP contribution >= 0.6 is 23.4 Å². The van der Waals surface area contributed by atoms with Gasteiger partial charge in [-0.05, 0) is 18.2 Å².